The molecule has 65 heavy (non-hydrogen) atoms. The summed E-state index contributed by atoms with van der Waals surface area (Å²) in [6, 6.07) is 25.7. The van der Waals surface area contributed by atoms with Gasteiger partial charge < -0.3 is 34.2 Å². The van der Waals surface area contributed by atoms with Gasteiger partial charge in [0.1, 0.15) is 30.4 Å². The van der Waals surface area contributed by atoms with Crippen LogP contribution in [0.15, 0.2) is 114 Å². The number of hydrogen-bond donors (Lipinski definition) is 2. The zero-order valence-corrected chi connectivity index (χ0v) is 37.5. The van der Waals surface area contributed by atoms with Crippen LogP contribution in [0, 0.1) is 33.8 Å². The lowest BCUT2D eigenvalue weighted by Crippen LogP contribution is -2.70. The van der Waals surface area contributed by atoms with E-state index in [1.807, 2.05) is 41.3 Å². The van der Waals surface area contributed by atoms with Gasteiger partial charge >= 0.3 is 0 Å². The summed E-state index contributed by atoms with van der Waals surface area (Å²) in [5.74, 6) is -0.111. The second-order valence-corrected chi connectivity index (χ2v) is 18.2. The van der Waals surface area contributed by atoms with Gasteiger partial charge in [-0.05, 0) is 96.0 Å². The molecule has 2 saturated carbocycles. The molecule has 4 aromatic carbocycles. The summed E-state index contributed by atoms with van der Waals surface area (Å²) in [5.41, 5.74) is 3.52. The zero-order valence-electron chi connectivity index (χ0n) is 37.5. The predicted molar refractivity (Wildman–Crippen MR) is 251 cm³/mol. The largest absolute Gasteiger partial charge is 0.459 e. The molecule has 0 aromatic heterocycles. The number of rotatable bonds is 21. The molecule has 4 aromatic rings. The highest BCUT2D eigenvalue weighted by Crippen LogP contribution is 2.62. The topological polar surface area (TPSA) is 153 Å². The van der Waals surface area contributed by atoms with E-state index in [9.17, 15) is 20.3 Å². The molecule has 1 amide bonds. The number of nitrogens with zero attached hydrogens (tertiary/aromatic N) is 3. The van der Waals surface area contributed by atoms with Gasteiger partial charge in [-0.1, -0.05) is 104 Å². The Bertz CT molecular complexity index is 2370. The molecule has 344 valence electrons. The maximum atomic E-state index is 15.3. The average Bonchev–Trinajstić information content (AvgIpc) is 3.85. The van der Waals surface area contributed by atoms with Crippen LogP contribution in [0.5, 0.6) is 17.2 Å². The lowest BCUT2D eigenvalue weighted by molar-refractivity contribution is -0.384. The first-order valence-electron chi connectivity index (χ1n) is 23.6. The molecule has 0 unspecified atom stereocenters. The molecule has 6 atom stereocenters. The molecular formula is C53H63N3O9. The maximum Gasteiger partial charge on any atom is 0.273 e. The first-order chi connectivity index (χ1) is 31.8. The highest BCUT2D eigenvalue weighted by atomic mass is 16.7. The molecule has 4 aliphatic rings. The van der Waals surface area contributed by atoms with Crippen molar-refractivity contribution in [3.8, 4) is 17.2 Å². The van der Waals surface area contributed by atoms with Crippen molar-refractivity contribution in [1.29, 1.82) is 0 Å². The molecule has 12 nitrogen and oxygen atoms in total. The summed E-state index contributed by atoms with van der Waals surface area (Å²) >= 11 is 0. The second-order valence-electron chi connectivity index (χ2n) is 18.2. The van der Waals surface area contributed by atoms with Gasteiger partial charge in [0.25, 0.3) is 5.69 Å². The lowest BCUT2D eigenvalue weighted by Gasteiger charge is -2.60. The molecule has 1 heterocycles. The van der Waals surface area contributed by atoms with Crippen molar-refractivity contribution in [2.75, 3.05) is 26.9 Å². The number of nitro benzene ring substituents is 1. The smallest absolute Gasteiger partial charge is 0.273 e. The summed E-state index contributed by atoms with van der Waals surface area (Å²) in [7, 11) is 1.56. The standard InChI is InChI=1S/C53H63N3O9/c1-3-30-63-53-49(55(50(59)27-24-36-14-4-5-15-36)35-39-19-12-18-37-16-6-7-22-43(37)39)34-47(54-62-2)45-31-38(17-8-10-28-57)44(23-9-11-29-58)51(52(45)53)46-33-42(25-26-48(46)65-53)64-41-21-13-20-40(32-41)56(60)61/h3,6-7,12-13,16,18-22,25-26,31-33,36,38,44,49,51-52,57-58H,1,4-5,8-11,14-15,17,23-24,27-30,34-35H2,2H3/t38-,44+,49-,51+,52+,53+/m0/s1. The van der Waals surface area contributed by atoms with Crippen LogP contribution >= 0.6 is 0 Å². The second kappa shape index (κ2) is 21.2. The van der Waals surface area contributed by atoms with Crippen molar-refractivity contribution in [2.24, 2.45) is 28.8 Å². The number of carbonyl (C=O) groups is 1. The van der Waals surface area contributed by atoms with E-state index < -0.39 is 22.7 Å². The van der Waals surface area contributed by atoms with Crippen molar-refractivity contribution in [3.05, 3.63) is 130 Å². The highest BCUT2D eigenvalue weighted by molar-refractivity contribution is 6.03. The number of aliphatic hydroxyl groups excluding tert-OH is 2. The Morgan fingerprint density at radius 2 is 1.71 bits per heavy atom. The van der Waals surface area contributed by atoms with E-state index >= 15 is 4.79 Å². The molecule has 2 N–H and O–H groups in total. The van der Waals surface area contributed by atoms with Crippen molar-refractivity contribution < 1.29 is 39.0 Å². The molecular weight excluding hydrogens is 823 g/mol. The van der Waals surface area contributed by atoms with E-state index in [2.05, 4.69) is 36.9 Å². The van der Waals surface area contributed by atoms with E-state index in [1.54, 1.807) is 25.3 Å². The van der Waals surface area contributed by atoms with E-state index in [0.29, 0.717) is 55.4 Å². The van der Waals surface area contributed by atoms with Gasteiger partial charge in [-0.3, -0.25) is 14.9 Å². The van der Waals surface area contributed by atoms with Gasteiger partial charge in [-0.25, -0.2) is 0 Å². The number of carbonyl (C=O) groups excluding carboxylic acids is 1. The van der Waals surface area contributed by atoms with Gasteiger partial charge in [0.2, 0.25) is 11.7 Å². The number of fused-ring (bicyclic) bond motifs is 3. The molecule has 8 rings (SSSR count). The Morgan fingerprint density at radius 1 is 0.954 bits per heavy atom. The first kappa shape index (κ1) is 46.0. The molecule has 2 fully saturated rings. The Labute approximate surface area is 382 Å². The number of unbranched alkanes of at least 4 members (excludes halogenated alkanes) is 2. The summed E-state index contributed by atoms with van der Waals surface area (Å²) in [6.07, 6.45) is 14.7. The van der Waals surface area contributed by atoms with E-state index in [4.69, 9.17) is 24.2 Å². The minimum Gasteiger partial charge on any atom is -0.459 e. The highest BCUT2D eigenvalue weighted by Gasteiger charge is 2.65. The number of ether oxygens (including phenoxy) is 3. The SMILES string of the molecule is C=CCO[C@@]12Oc3ccc(Oc4cccc([N+](=O)[O-])c4)cc3[C@H]3[C@H](CCCCO)[C@@H](CCCCO)C=C(C(=NOC)C[C@@H]1N(Cc1cccc4ccccc14)C(=O)CCC1CCCC1)[C@H]32. The summed E-state index contributed by atoms with van der Waals surface area (Å²) in [5, 5.41) is 38.6. The minimum atomic E-state index is -1.41. The maximum absolute atomic E-state index is 15.3. The minimum absolute atomic E-state index is 0.0172. The summed E-state index contributed by atoms with van der Waals surface area (Å²) in [6.45, 7) is 4.73. The number of benzene rings is 4. The third-order valence-corrected chi connectivity index (χ3v) is 14.3. The lowest BCUT2D eigenvalue weighted by atomic mass is 9.55. The van der Waals surface area contributed by atoms with Gasteiger partial charge in [0.15, 0.2) is 0 Å². The number of amides is 1. The predicted octanol–water partition coefficient (Wildman–Crippen LogP) is 10.8. The first-order valence-corrected chi connectivity index (χ1v) is 23.6. The summed E-state index contributed by atoms with van der Waals surface area (Å²) in [4.78, 5) is 34.3. The van der Waals surface area contributed by atoms with Crippen molar-refractivity contribution in [1.82, 2.24) is 4.90 Å². The monoisotopic (exact) mass is 885 g/mol. The third kappa shape index (κ3) is 9.86. The Morgan fingerprint density at radius 3 is 2.48 bits per heavy atom. The van der Waals surface area contributed by atoms with Crippen LogP contribution in [-0.2, 0) is 20.9 Å². The molecule has 12 heteroatoms. The Balaban J connectivity index is 1.32. The number of non-ortho nitro benzene ring substituents is 1. The fraction of sp³-hybridized carbons (Fsp3) is 0.472. The molecule has 0 saturated heterocycles. The summed E-state index contributed by atoms with van der Waals surface area (Å²) < 4.78 is 21.1. The van der Waals surface area contributed by atoms with Gasteiger partial charge in [-0.15, -0.1) is 6.58 Å². The molecule has 3 aliphatic carbocycles. The molecule has 0 bridgehead atoms. The van der Waals surface area contributed by atoms with Crippen LogP contribution in [0.1, 0.15) is 101 Å². The zero-order chi connectivity index (χ0) is 45.3. The third-order valence-electron chi connectivity index (χ3n) is 14.3. The number of aliphatic hydroxyl groups is 2. The van der Waals surface area contributed by atoms with Crippen LogP contribution in [0.3, 0.4) is 0 Å². The van der Waals surface area contributed by atoms with Crippen molar-refractivity contribution in [3.63, 3.8) is 0 Å². The van der Waals surface area contributed by atoms with Gasteiger partial charge in [0, 0.05) is 50.1 Å². The Kier molecular flexibility index (Phi) is 15.0. The van der Waals surface area contributed by atoms with Crippen molar-refractivity contribution in [2.45, 2.75) is 108 Å². The van der Waals surface area contributed by atoms with Gasteiger partial charge in [-0.2, -0.15) is 0 Å². The van der Waals surface area contributed by atoms with Gasteiger partial charge in [0.05, 0.1) is 29.2 Å². The number of allylic oxidation sites excluding steroid dienone is 1. The normalized spacial score (nSPS) is 24.1. The van der Waals surface area contributed by atoms with Crippen LogP contribution in [0.4, 0.5) is 5.69 Å². The van der Waals surface area contributed by atoms with Crippen LogP contribution in [0.25, 0.3) is 10.8 Å². The fourth-order valence-corrected chi connectivity index (χ4v) is 11.4. The van der Waals surface area contributed by atoms with Crippen molar-refractivity contribution >= 4 is 28.1 Å². The molecule has 1 aliphatic heterocycles. The Hall–Kier alpha value is -5.56. The average molecular weight is 886 g/mol. The number of oxime groups is 1. The van der Waals surface area contributed by atoms with Crippen LogP contribution in [0.2, 0.25) is 0 Å². The van der Waals surface area contributed by atoms with Crippen LogP contribution in [-0.4, -0.2) is 70.4 Å². The molecule has 0 radical (unpaired) electrons. The van der Waals surface area contributed by atoms with E-state index in [1.165, 1.54) is 25.0 Å². The van der Waals surface area contributed by atoms with E-state index in [0.717, 1.165) is 78.1 Å². The fourth-order valence-electron chi connectivity index (χ4n) is 11.4. The van der Waals surface area contributed by atoms with E-state index in [-0.39, 0.29) is 49.2 Å². The number of nitro groups is 1. The van der Waals surface area contributed by atoms with Crippen LogP contribution < -0.4 is 9.47 Å². The quantitative estimate of drug-likeness (QED) is 0.0360. The molecule has 0 spiro atoms. The number of hydrogen-bond acceptors (Lipinski definition) is 10.